The van der Waals surface area contributed by atoms with Crippen LogP contribution in [0.5, 0.6) is 5.75 Å². The molecular weight excluding hydrogens is 458 g/mol. The van der Waals surface area contributed by atoms with Gasteiger partial charge in [-0.25, -0.2) is 4.98 Å². The first-order valence-corrected chi connectivity index (χ1v) is 13.5. The van der Waals surface area contributed by atoms with Crippen molar-refractivity contribution in [3.05, 3.63) is 94.8 Å². The summed E-state index contributed by atoms with van der Waals surface area (Å²) >= 11 is 0. The third-order valence-electron chi connectivity index (χ3n) is 6.85. The lowest BCUT2D eigenvalue weighted by molar-refractivity contribution is 0.0952. The van der Waals surface area contributed by atoms with Crippen molar-refractivity contribution in [3.63, 3.8) is 0 Å². The molecule has 4 aromatic rings. The molecule has 0 saturated carbocycles. The fourth-order valence-electron chi connectivity index (χ4n) is 4.79. The Morgan fingerprint density at radius 2 is 1.68 bits per heavy atom. The van der Waals surface area contributed by atoms with E-state index >= 15 is 0 Å². The molecular formula is C32H39N3O2. The summed E-state index contributed by atoms with van der Waals surface area (Å²) in [6, 6.07) is 22.5. The Morgan fingerprint density at radius 1 is 0.865 bits per heavy atom. The van der Waals surface area contributed by atoms with Gasteiger partial charge < -0.3 is 14.6 Å². The van der Waals surface area contributed by atoms with Gasteiger partial charge in [0.2, 0.25) is 0 Å². The minimum atomic E-state index is 0.0192. The third-order valence-corrected chi connectivity index (χ3v) is 6.85. The van der Waals surface area contributed by atoms with Gasteiger partial charge in [0.05, 0.1) is 17.6 Å². The predicted octanol–water partition coefficient (Wildman–Crippen LogP) is 6.96. The van der Waals surface area contributed by atoms with Crippen molar-refractivity contribution in [2.24, 2.45) is 0 Å². The number of carbonyl (C=O) groups is 1. The molecule has 1 amide bonds. The Hall–Kier alpha value is -3.60. The molecule has 0 radical (unpaired) electrons. The molecule has 0 aliphatic heterocycles. The molecule has 1 heterocycles. The summed E-state index contributed by atoms with van der Waals surface area (Å²) in [5, 5.41) is 3.07. The Bertz CT molecular complexity index is 1320. The molecule has 5 heteroatoms. The summed E-state index contributed by atoms with van der Waals surface area (Å²) in [5.41, 5.74) is 6.42. The van der Waals surface area contributed by atoms with Crippen LogP contribution in [0.25, 0.3) is 11.0 Å². The second-order valence-electron chi connectivity index (χ2n) is 9.87. The zero-order chi connectivity index (χ0) is 26.0. The van der Waals surface area contributed by atoms with Crippen LogP contribution in [0.2, 0.25) is 0 Å². The van der Waals surface area contributed by atoms with Gasteiger partial charge in [-0.3, -0.25) is 4.79 Å². The van der Waals surface area contributed by atoms with Crippen LogP contribution in [-0.2, 0) is 13.0 Å². The van der Waals surface area contributed by atoms with Gasteiger partial charge in [-0.05, 0) is 81.8 Å². The molecule has 0 fully saturated rings. The predicted molar refractivity (Wildman–Crippen MR) is 151 cm³/mol. The standard InChI is InChI=1S/C32H39N3O2/c1-24-18-19-27(26(3)23-24)32(36)33-20-10-4-5-17-31-34-28-14-7-8-15-29(28)35(31)21-11-12-22-37-30-16-9-6-13-25(30)2/h6-9,13-16,18-19,23H,4-5,10-12,17,20-22H2,1-3H3,(H,33,36). The van der Waals surface area contributed by atoms with Crippen LogP contribution in [0.15, 0.2) is 66.7 Å². The van der Waals surface area contributed by atoms with Gasteiger partial charge in [-0.1, -0.05) is 54.4 Å². The minimum Gasteiger partial charge on any atom is -0.493 e. The Balaban J connectivity index is 1.22. The fourth-order valence-corrected chi connectivity index (χ4v) is 4.79. The zero-order valence-electron chi connectivity index (χ0n) is 22.4. The van der Waals surface area contributed by atoms with Crippen molar-refractivity contribution in [2.45, 2.75) is 65.8 Å². The van der Waals surface area contributed by atoms with Crippen LogP contribution in [0, 0.1) is 20.8 Å². The van der Waals surface area contributed by atoms with Gasteiger partial charge in [-0.2, -0.15) is 0 Å². The molecule has 3 aromatic carbocycles. The SMILES string of the molecule is Cc1ccc(C(=O)NCCCCCc2nc3ccccc3n2CCCCOc2ccccc2C)c(C)c1. The van der Waals surface area contributed by atoms with E-state index in [4.69, 9.17) is 9.72 Å². The number of benzene rings is 3. The van der Waals surface area contributed by atoms with Crippen molar-refractivity contribution in [1.29, 1.82) is 0 Å². The molecule has 0 aliphatic carbocycles. The number of hydrogen-bond acceptors (Lipinski definition) is 3. The third kappa shape index (κ3) is 7.22. The number of aryl methyl sites for hydroxylation is 5. The van der Waals surface area contributed by atoms with Gasteiger partial charge in [0.1, 0.15) is 11.6 Å². The fraction of sp³-hybridized carbons (Fsp3) is 0.375. The van der Waals surface area contributed by atoms with E-state index in [1.807, 2.05) is 44.2 Å². The van der Waals surface area contributed by atoms with Gasteiger partial charge in [0.15, 0.2) is 0 Å². The van der Waals surface area contributed by atoms with E-state index in [2.05, 4.69) is 53.2 Å². The van der Waals surface area contributed by atoms with E-state index in [1.54, 1.807) is 0 Å². The Kier molecular flexibility index (Phi) is 9.36. The summed E-state index contributed by atoms with van der Waals surface area (Å²) in [6.07, 6.45) is 6.07. The molecule has 0 spiro atoms. The average molecular weight is 498 g/mol. The van der Waals surface area contributed by atoms with Crippen molar-refractivity contribution < 1.29 is 9.53 Å². The molecule has 194 valence electrons. The lowest BCUT2D eigenvalue weighted by Crippen LogP contribution is -2.25. The lowest BCUT2D eigenvalue weighted by Gasteiger charge is -2.11. The van der Waals surface area contributed by atoms with Crippen molar-refractivity contribution >= 4 is 16.9 Å². The number of unbranched alkanes of at least 4 members (excludes halogenated alkanes) is 3. The van der Waals surface area contributed by atoms with Crippen molar-refractivity contribution in [3.8, 4) is 5.75 Å². The molecule has 1 aromatic heterocycles. The molecule has 0 bridgehead atoms. The first kappa shape index (κ1) is 26.5. The quantitative estimate of drug-likeness (QED) is 0.203. The van der Waals surface area contributed by atoms with Crippen molar-refractivity contribution in [1.82, 2.24) is 14.9 Å². The highest BCUT2D eigenvalue weighted by Gasteiger charge is 2.11. The zero-order valence-corrected chi connectivity index (χ0v) is 22.4. The normalized spacial score (nSPS) is 11.1. The van der Waals surface area contributed by atoms with Crippen LogP contribution >= 0.6 is 0 Å². The topological polar surface area (TPSA) is 56.2 Å². The lowest BCUT2D eigenvalue weighted by atomic mass is 10.1. The van der Waals surface area contributed by atoms with E-state index in [0.29, 0.717) is 6.54 Å². The first-order valence-electron chi connectivity index (χ1n) is 13.5. The maximum atomic E-state index is 12.5. The number of aromatic nitrogens is 2. The maximum absolute atomic E-state index is 12.5. The minimum absolute atomic E-state index is 0.0192. The summed E-state index contributed by atoms with van der Waals surface area (Å²) in [7, 11) is 0. The highest BCUT2D eigenvalue weighted by atomic mass is 16.5. The smallest absolute Gasteiger partial charge is 0.251 e. The Labute approximate surface area is 220 Å². The second kappa shape index (κ2) is 13.1. The maximum Gasteiger partial charge on any atom is 0.251 e. The van der Waals surface area contributed by atoms with E-state index in [-0.39, 0.29) is 5.91 Å². The molecule has 0 unspecified atom stereocenters. The number of fused-ring (bicyclic) bond motifs is 1. The molecule has 1 N–H and O–H groups in total. The number of para-hydroxylation sites is 3. The van der Waals surface area contributed by atoms with E-state index in [0.717, 1.165) is 79.9 Å². The van der Waals surface area contributed by atoms with Crippen LogP contribution in [0.4, 0.5) is 0 Å². The second-order valence-corrected chi connectivity index (χ2v) is 9.87. The molecule has 4 rings (SSSR count). The molecule has 37 heavy (non-hydrogen) atoms. The largest absolute Gasteiger partial charge is 0.493 e. The van der Waals surface area contributed by atoms with Gasteiger partial charge in [-0.15, -0.1) is 0 Å². The van der Waals surface area contributed by atoms with Crippen LogP contribution < -0.4 is 10.1 Å². The number of ether oxygens (including phenoxy) is 1. The number of carbonyl (C=O) groups excluding carboxylic acids is 1. The molecule has 0 saturated heterocycles. The first-order chi connectivity index (χ1) is 18.0. The van der Waals surface area contributed by atoms with E-state index in [9.17, 15) is 4.79 Å². The molecule has 0 atom stereocenters. The summed E-state index contributed by atoms with van der Waals surface area (Å²) in [4.78, 5) is 17.4. The Morgan fingerprint density at radius 3 is 2.51 bits per heavy atom. The number of rotatable bonds is 13. The summed E-state index contributed by atoms with van der Waals surface area (Å²) in [6.45, 7) is 8.48. The van der Waals surface area contributed by atoms with Crippen LogP contribution in [0.3, 0.4) is 0 Å². The van der Waals surface area contributed by atoms with Crippen LogP contribution in [-0.4, -0.2) is 28.6 Å². The average Bonchev–Trinajstić information content (AvgIpc) is 3.24. The summed E-state index contributed by atoms with van der Waals surface area (Å²) < 4.78 is 8.36. The number of nitrogens with one attached hydrogen (secondary N) is 1. The van der Waals surface area contributed by atoms with Crippen molar-refractivity contribution in [2.75, 3.05) is 13.2 Å². The number of amides is 1. The number of nitrogens with zero attached hydrogens (tertiary/aromatic N) is 2. The monoisotopic (exact) mass is 497 g/mol. The molecule has 5 nitrogen and oxygen atoms in total. The number of hydrogen-bond donors (Lipinski definition) is 1. The van der Waals surface area contributed by atoms with Gasteiger partial charge >= 0.3 is 0 Å². The molecule has 0 aliphatic rings. The van der Waals surface area contributed by atoms with Gasteiger partial charge in [0, 0.05) is 25.1 Å². The van der Waals surface area contributed by atoms with E-state index < -0.39 is 0 Å². The van der Waals surface area contributed by atoms with E-state index in [1.165, 1.54) is 16.6 Å². The highest BCUT2D eigenvalue weighted by molar-refractivity contribution is 5.95. The van der Waals surface area contributed by atoms with Crippen LogP contribution in [0.1, 0.15) is 65.0 Å². The summed E-state index contributed by atoms with van der Waals surface area (Å²) in [5.74, 6) is 2.15. The number of imidazole rings is 1. The van der Waals surface area contributed by atoms with Gasteiger partial charge in [0.25, 0.3) is 5.91 Å². The highest BCUT2D eigenvalue weighted by Crippen LogP contribution is 2.20.